The SMILES string of the molecule is CC(C)c1cccc(-c2ncccc2-c2ccc3ncnc(N)c3c2)c1. The molecule has 2 heterocycles. The van der Waals surface area contributed by atoms with Gasteiger partial charge in [-0.05, 0) is 41.3 Å². The van der Waals surface area contributed by atoms with Gasteiger partial charge in [0.05, 0.1) is 11.2 Å². The van der Waals surface area contributed by atoms with E-state index >= 15 is 0 Å². The molecule has 4 nitrogen and oxygen atoms in total. The van der Waals surface area contributed by atoms with Crippen LogP contribution in [0.1, 0.15) is 25.3 Å². The monoisotopic (exact) mass is 340 g/mol. The molecule has 2 N–H and O–H groups in total. The number of nitrogen functional groups attached to an aromatic ring is 1. The Labute approximate surface area is 152 Å². The zero-order valence-corrected chi connectivity index (χ0v) is 14.8. The third-order valence-electron chi connectivity index (χ3n) is 4.61. The van der Waals surface area contributed by atoms with Crippen molar-refractivity contribution in [3.63, 3.8) is 0 Å². The van der Waals surface area contributed by atoms with Gasteiger partial charge in [0.15, 0.2) is 0 Å². The minimum absolute atomic E-state index is 0.472. The Bertz CT molecular complexity index is 1090. The van der Waals surface area contributed by atoms with Gasteiger partial charge in [-0.3, -0.25) is 4.98 Å². The predicted molar refractivity (Wildman–Crippen MR) is 107 cm³/mol. The summed E-state index contributed by atoms with van der Waals surface area (Å²) in [5, 5.41) is 0.857. The van der Waals surface area contributed by atoms with E-state index in [1.165, 1.54) is 11.9 Å². The third kappa shape index (κ3) is 2.90. The Kier molecular flexibility index (Phi) is 4.09. The average molecular weight is 340 g/mol. The molecule has 0 aliphatic heterocycles. The van der Waals surface area contributed by atoms with Crippen molar-refractivity contribution >= 4 is 16.7 Å². The first-order valence-corrected chi connectivity index (χ1v) is 8.69. The Morgan fingerprint density at radius 2 is 1.73 bits per heavy atom. The van der Waals surface area contributed by atoms with Gasteiger partial charge >= 0.3 is 0 Å². The Hall–Kier alpha value is -3.27. The average Bonchev–Trinajstić information content (AvgIpc) is 2.68. The Morgan fingerprint density at radius 1 is 0.846 bits per heavy atom. The van der Waals surface area contributed by atoms with E-state index < -0.39 is 0 Å². The van der Waals surface area contributed by atoms with Crippen LogP contribution >= 0.6 is 0 Å². The predicted octanol–water partition coefficient (Wildman–Crippen LogP) is 5.06. The van der Waals surface area contributed by atoms with Crippen LogP contribution in [0.5, 0.6) is 0 Å². The first kappa shape index (κ1) is 16.2. The molecule has 26 heavy (non-hydrogen) atoms. The summed E-state index contributed by atoms with van der Waals surface area (Å²) in [7, 11) is 0. The van der Waals surface area contributed by atoms with Crippen molar-refractivity contribution < 1.29 is 0 Å². The van der Waals surface area contributed by atoms with Crippen LogP contribution in [0.3, 0.4) is 0 Å². The van der Waals surface area contributed by atoms with Gasteiger partial charge in [-0.2, -0.15) is 0 Å². The minimum Gasteiger partial charge on any atom is -0.383 e. The third-order valence-corrected chi connectivity index (χ3v) is 4.61. The molecule has 0 atom stereocenters. The second kappa shape index (κ2) is 6.56. The van der Waals surface area contributed by atoms with Gasteiger partial charge in [0.1, 0.15) is 12.1 Å². The van der Waals surface area contributed by atoms with Gasteiger partial charge in [0, 0.05) is 22.7 Å². The fraction of sp³-hybridized carbons (Fsp3) is 0.136. The van der Waals surface area contributed by atoms with Crippen molar-refractivity contribution in [3.8, 4) is 22.4 Å². The molecule has 0 saturated heterocycles. The maximum Gasteiger partial charge on any atom is 0.134 e. The van der Waals surface area contributed by atoms with Crippen molar-refractivity contribution in [3.05, 3.63) is 72.7 Å². The van der Waals surface area contributed by atoms with Crippen molar-refractivity contribution in [1.82, 2.24) is 15.0 Å². The first-order valence-electron chi connectivity index (χ1n) is 8.69. The molecule has 2 aromatic heterocycles. The molecule has 4 aromatic rings. The number of pyridine rings is 1. The van der Waals surface area contributed by atoms with Gasteiger partial charge in [-0.15, -0.1) is 0 Å². The maximum atomic E-state index is 6.04. The lowest BCUT2D eigenvalue weighted by Gasteiger charge is -2.12. The molecule has 4 rings (SSSR count). The van der Waals surface area contributed by atoms with Crippen LogP contribution in [-0.4, -0.2) is 15.0 Å². The van der Waals surface area contributed by atoms with Crippen LogP contribution in [0, 0.1) is 0 Å². The Morgan fingerprint density at radius 3 is 2.58 bits per heavy atom. The molecule has 0 spiro atoms. The summed E-state index contributed by atoms with van der Waals surface area (Å²) in [6, 6.07) is 18.7. The number of hydrogen-bond donors (Lipinski definition) is 1. The van der Waals surface area contributed by atoms with E-state index in [1.807, 2.05) is 24.4 Å². The fourth-order valence-corrected chi connectivity index (χ4v) is 3.16. The lowest BCUT2D eigenvalue weighted by Crippen LogP contribution is -1.95. The molecule has 0 amide bonds. The second-order valence-corrected chi connectivity index (χ2v) is 6.67. The van der Waals surface area contributed by atoms with Crippen molar-refractivity contribution in [1.29, 1.82) is 0 Å². The minimum atomic E-state index is 0.472. The molecule has 0 saturated carbocycles. The molecule has 0 fully saturated rings. The maximum absolute atomic E-state index is 6.04. The molecular formula is C22H20N4. The summed E-state index contributed by atoms with van der Waals surface area (Å²) in [5.74, 6) is 0.962. The van der Waals surface area contributed by atoms with Gasteiger partial charge in [-0.25, -0.2) is 9.97 Å². The topological polar surface area (TPSA) is 64.7 Å². The van der Waals surface area contributed by atoms with Crippen LogP contribution in [0.15, 0.2) is 67.1 Å². The van der Waals surface area contributed by atoms with E-state index in [0.717, 1.165) is 33.3 Å². The number of nitrogens with two attached hydrogens (primary N) is 1. The summed E-state index contributed by atoms with van der Waals surface area (Å²) in [6.45, 7) is 4.40. The van der Waals surface area contributed by atoms with Crippen LogP contribution in [-0.2, 0) is 0 Å². The van der Waals surface area contributed by atoms with Crippen molar-refractivity contribution in [2.24, 2.45) is 0 Å². The number of aromatic nitrogens is 3. The van der Waals surface area contributed by atoms with Crippen molar-refractivity contribution in [2.75, 3.05) is 5.73 Å². The highest BCUT2D eigenvalue weighted by atomic mass is 14.9. The number of hydrogen-bond acceptors (Lipinski definition) is 4. The van der Waals surface area contributed by atoms with Crippen LogP contribution in [0.25, 0.3) is 33.3 Å². The normalized spacial score (nSPS) is 11.2. The van der Waals surface area contributed by atoms with Crippen LogP contribution < -0.4 is 5.73 Å². The Balaban J connectivity index is 1.89. The summed E-state index contributed by atoms with van der Waals surface area (Å²) >= 11 is 0. The number of nitrogens with zero attached hydrogens (tertiary/aromatic N) is 3. The highest BCUT2D eigenvalue weighted by Crippen LogP contribution is 2.33. The molecule has 0 aliphatic rings. The fourth-order valence-electron chi connectivity index (χ4n) is 3.16. The molecule has 128 valence electrons. The van der Waals surface area contributed by atoms with Gasteiger partial charge in [0.25, 0.3) is 0 Å². The summed E-state index contributed by atoms with van der Waals surface area (Å²) < 4.78 is 0. The van der Waals surface area contributed by atoms with E-state index in [-0.39, 0.29) is 0 Å². The summed E-state index contributed by atoms with van der Waals surface area (Å²) in [4.78, 5) is 13.1. The highest BCUT2D eigenvalue weighted by Gasteiger charge is 2.11. The van der Waals surface area contributed by atoms with E-state index in [0.29, 0.717) is 11.7 Å². The second-order valence-electron chi connectivity index (χ2n) is 6.67. The molecule has 0 radical (unpaired) electrons. The lowest BCUT2D eigenvalue weighted by molar-refractivity contribution is 0.867. The standard InChI is InChI=1S/C22H20N4/c1-14(2)15-5-3-6-17(11-15)21-18(7-4-10-24-21)16-8-9-20-19(12-16)22(23)26-13-25-20/h3-14H,1-2H3,(H2,23,25,26). The first-order chi connectivity index (χ1) is 12.6. The molecule has 4 heteroatoms. The quantitative estimate of drug-likeness (QED) is 0.566. The van der Waals surface area contributed by atoms with Gasteiger partial charge in [-0.1, -0.05) is 44.2 Å². The number of rotatable bonds is 3. The molecular weight excluding hydrogens is 320 g/mol. The zero-order chi connectivity index (χ0) is 18.1. The van der Waals surface area contributed by atoms with E-state index in [9.17, 15) is 0 Å². The van der Waals surface area contributed by atoms with Crippen LogP contribution in [0.2, 0.25) is 0 Å². The molecule has 0 unspecified atom stereocenters. The van der Waals surface area contributed by atoms with Gasteiger partial charge < -0.3 is 5.73 Å². The van der Waals surface area contributed by atoms with Crippen molar-refractivity contribution in [2.45, 2.75) is 19.8 Å². The summed E-state index contributed by atoms with van der Waals surface area (Å²) in [6.07, 6.45) is 3.32. The smallest absolute Gasteiger partial charge is 0.134 e. The summed E-state index contributed by atoms with van der Waals surface area (Å²) in [5.41, 5.74) is 12.4. The van der Waals surface area contributed by atoms with E-state index in [2.05, 4.69) is 65.2 Å². The molecule has 0 bridgehead atoms. The molecule has 2 aromatic carbocycles. The van der Waals surface area contributed by atoms with Gasteiger partial charge in [0.2, 0.25) is 0 Å². The van der Waals surface area contributed by atoms with E-state index in [4.69, 9.17) is 5.73 Å². The largest absolute Gasteiger partial charge is 0.383 e. The number of anilines is 1. The lowest BCUT2D eigenvalue weighted by atomic mass is 9.95. The number of benzene rings is 2. The number of fused-ring (bicyclic) bond motifs is 1. The zero-order valence-electron chi connectivity index (χ0n) is 14.8. The van der Waals surface area contributed by atoms with E-state index in [1.54, 1.807) is 0 Å². The molecule has 0 aliphatic carbocycles. The highest BCUT2D eigenvalue weighted by molar-refractivity contribution is 5.93. The van der Waals surface area contributed by atoms with Crippen LogP contribution in [0.4, 0.5) is 5.82 Å².